The number of halogens is 1. The standard InChI is InChI=1S/C12H17NO2.ClH/c1-2-4-10(13)9-5-3-6-11-12(9)15-8-7-14-11;/h3,5-6,10H,2,4,7-8,13H2,1H3;1H/t10-;/m1./s1. The maximum atomic E-state index is 6.09. The molecule has 0 saturated heterocycles. The Bertz CT molecular complexity index is 344. The van der Waals surface area contributed by atoms with E-state index >= 15 is 0 Å². The van der Waals surface area contributed by atoms with Crippen molar-refractivity contribution in [1.29, 1.82) is 0 Å². The molecule has 0 aromatic heterocycles. The molecule has 0 saturated carbocycles. The van der Waals surface area contributed by atoms with E-state index in [0.717, 1.165) is 29.9 Å². The molecule has 0 radical (unpaired) electrons. The van der Waals surface area contributed by atoms with Gasteiger partial charge in [0.2, 0.25) is 0 Å². The van der Waals surface area contributed by atoms with E-state index in [1.54, 1.807) is 0 Å². The van der Waals surface area contributed by atoms with Crippen molar-refractivity contribution in [3.63, 3.8) is 0 Å². The monoisotopic (exact) mass is 243 g/mol. The van der Waals surface area contributed by atoms with E-state index in [-0.39, 0.29) is 18.4 Å². The lowest BCUT2D eigenvalue weighted by atomic mass is 10.0. The number of hydrogen-bond donors (Lipinski definition) is 1. The summed E-state index contributed by atoms with van der Waals surface area (Å²) in [6.45, 7) is 3.37. The van der Waals surface area contributed by atoms with Crippen LogP contribution in [0, 0.1) is 0 Å². The zero-order chi connectivity index (χ0) is 10.7. The van der Waals surface area contributed by atoms with Crippen LogP contribution in [-0.2, 0) is 0 Å². The highest BCUT2D eigenvalue weighted by Crippen LogP contribution is 2.37. The van der Waals surface area contributed by atoms with Crippen LogP contribution in [0.3, 0.4) is 0 Å². The van der Waals surface area contributed by atoms with Gasteiger partial charge in [-0.2, -0.15) is 0 Å². The number of fused-ring (bicyclic) bond motifs is 1. The van der Waals surface area contributed by atoms with Gasteiger partial charge in [-0.05, 0) is 12.5 Å². The van der Waals surface area contributed by atoms with E-state index in [4.69, 9.17) is 15.2 Å². The summed E-state index contributed by atoms with van der Waals surface area (Å²) in [5.41, 5.74) is 7.16. The number of ether oxygens (including phenoxy) is 2. The second-order valence-electron chi connectivity index (χ2n) is 3.77. The average molecular weight is 244 g/mol. The summed E-state index contributed by atoms with van der Waals surface area (Å²) >= 11 is 0. The van der Waals surface area contributed by atoms with Crippen LogP contribution >= 0.6 is 12.4 Å². The molecule has 0 amide bonds. The van der Waals surface area contributed by atoms with Crippen LogP contribution in [-0.4, -0.2) is 13.2 Å². The molecule has 0 fully saturated rings. The molecule has 4 heteroatoms. The predicted octanol–water partition coefficient (Wildman–Crippen LogP) is 2.68. The van der Waals surface area contributed by atoms with Crippen LogP contribution in [0.25, 0.3) is 0 Å². The fourth-order valence-corrected chi connectivity index (χ4v) is 1.85. The molecular formula is C12H18ClNO2. The first-order valence-corrected chi connectivity index (χ1v) is 5.47. The zero-order valence-corrected chi connectivity index (χ0v) is 10.3. The largest absolute Gasteiger partial charge is 0.486 e. The first kappa shape index (κ1) is 13.1. The minimum absolute atomic E-state index is 0. The van der Waals surface area contributed by atoms with E-state index in [1.807, 2.05) is 18.2 Å². The highest BCUT2D eigenvalue weighted by atomic mass is 35.5. The third-order valence-corrected chi connectivity index (χ3v) is 2.60. The predicted molar refractivity (Wildman–Crippen MR) is 66.5 cm³/mol. The van der Waals surface area contributed by atoms with Crippen LogP contribution in [0.1, 0.15) is 31.4 Å². The lowest BCUT2D eigenvalue weighted by molar-refractivity contribution is 0.169. The Morgan fingerprint density at radius 3 is 2.81 bits per heavy atom. The summed E-state index contributed by atoms with van der Waals surface area (Å²) in [6, 6.07) is 5.97. The molecule has 0 aliphatic carbocycles. The zero-order valence-electron chi connectivity index (χ0n) is 9.44. The van der Waals surface area contributed by atoms with Crippen molar-refractivity contribution in [3.05, 3.63) is 23.8 Å². The third-order valence-electron chi connectivity index (χ3n) is 2.60. The second kappa shape index (κ2) is 5.97. The molecule has 16 heavy (non-hydrogen) atoms. The van der Waals surface area contributed by atoms with Crippen molar-refractivity contribution in [2.75, 3.05) is 13.2 Å². The summed E-state index contributed by atoms with van der Waals surface area (Å²) < 4.78 is 11.1. The molecule has 0 spiro atoms. The summed E-state index contributed by atoms with van der Waals surface area (Å²) in [6.07, 6.45) is 2.05. The molecule has 1 atom stereocenters. The number of rotatable bonds is 3. The molecule has 3 nitrogen and oxygen atoms in total. The Balaban J connectivity index is 0.00000128. The van der Waals surface area contributed by atoms with Crippen molar-refractivity contribution < 1.29 is 9.47 Å². The number of nitrogens with two attached hydrogens (primary N) is 1. The van der Waals surface area contributed by atoms with Gasteiger partial charge in [-0.25, -0.2) is 0 Å². The first-order valence-electron chi connectivity index (χ1n) is 5.47. The van der Waals surface area contributed by atoms with Crippen LogP contribution in [0.15, 0.2) is 18.2 Å². The number of benzene rings is 1. The van der Waals surface area contributed by atoms with Gasteiger partial charge in [-0.15, -0.1) is 12.4 Å². The quantitative estimate of drug-likeness (QED) is 0.888. The Morgan fingerprint density at radius 2 is 2.06 bits per heavy atom. The maximum Gasteiger partial charge on any atom is 0.166 e. The molecule has 1 heterocycles. The van der Waals surface area contributed by atoms with E-state index in [0.29, 0.717) is 13.2 Å². The third kappa shape index (κ3) is 2.60. The van der Waals surface area contributed by atoms with E-state index in [9.17, 15) is 0 Å². The molecule has 2 N–H and O–H groups in total. The summed E-state index contributed by atoms with van der Waals surface area (Å²) in [4.78, 5) is 0. The Labute approximate surface area is 102 Å². The normalized spacial score (nSPS) is 15.1. The Kier molecular flexibility index (Phi) is 4.90. The lowest BCUT2D eigenvalue weighted by Crippen LogP contribution is -2.19. The van der Waals surface area contributed by atoms with Gasteiger partial charge in [0.05, 0.1) is 0 Å². The summed E-state index contributed by atoms with van der Waals surface area (Å²) in [5.74, 6) is 1.66. The van der Waals surface area contributed by atoms with E-state index in [2.05, 4.69) is 6.92 Å². The minimum Gasteiger partial charge on any atom is -0.486 e. The van der Waals surface area contributed by atoms with Gasteiger partial charge in [0.1, 0.15) is 13.2 Å². The molecule has 1 aliphatic heterocycles. The molecule has 0 unspecified atom stereocenters. The minimum atomic E-state index is 0. The van der Waals surface area contributed by atoms with Crippen LogP contribution in [0.5, 0.6) is 11.5 Å². The van der Waals surface area contributed by atoms with Crippen LogP contribution in [0.2, 0.25) is 0 Å². The van der Waals surface area contributed by atoms with E-state index < -0.39 is 0 Å². The van der Waals surface area contributed by atoms with Crippen molar-refractivity contribution >= 4 is 12.4 Å². The summed E-state index contributed by atoms with van der Waals surface area (Å²) in [5, 5.41) is 0. The van der Waals surface area contributed by atoms with Crippen molar-refractivity contribution in [2.24, 2.45) is 5.73 Å². The average Bonchev–Trinajstić information content (AvgIpc) is 2.28. The van der Waals surface area contributed by atoms with Gasteiger partial charge >= 0.3 is 0 Å². The Morgan fingerprint density at radius 1 is 1.31 bits per heavy atom. The number of para-hydroxylation sites is 1. The second-order valence-corrected chi connectivity index (χ2v) is 3.77. The SMILES string of the molecule is CCC[C@@H](N)c1cccc2c1OCCO2.Cl. The van der Waals surface area contributed by atoms with Crippen molar-refractivity contribution in [3.8, 4) is 11.5 Å². The fourth-order valence-electron chi connectivity index (χ4n) is 1.85. The topological polar surface area (TPSA) is 44.5 Å². The lowest BCUT2D eigenvalue weighted by Gasteiger charge is -2.23. The molecule has 90 valence electrons. The highest BCUT2D eigenvalue weighted by molar-refractivity contribution is 5.85. The van der Waals surface area contributed by atoms with Crippen LogP contribution in [0.4, 0.5) is 0 Å². The fraction of sp³-hybridized carbons (Fsp3) is 0.500. The van der Waals surface area contributed by atoms with Crippen LogP contribution < -0.4 is 15.2 Å². The van der Waals surface area contributed by atoms with Gasteiger partial charge in [-0.1, -0.05) is 25.5 Å². The highest BCUT2D eigenvalue weighted by Gasteiger charge is 2.18. The van der Waals surface area contributed by atoms with Gasteiger partial charge < -0.3 is 15.2 Å². The maximum absolute atomic E-state index is 6.09. The van der Waals surface area contributed by atoms with E-state index in [1.165, 1.54) is 0 Å². The molecule has 1 aromatic rings. The Hall–Kier alpha value is -0.930. The van der Waals surface area contributed by atoms with Crippen molar-refractivity contribution in [2.45, 2.75) is 25.8 Å². The van der Waals surface area contributed by atoms with Gasteiger partial charge in [0.25, 0.3) is 0 Å². The molecule has 0 bridgehead atoms. The van der Waals surface area contributed by atoms with Gasteiger partial charge in [0.15, 0.2) is 11.5 Å². The molecule has 2 rings (SSSR count). The number of hydrogen-bond acceptors (Lipinski definition) is 3. The van der Waals surface area contributed by atoms with Crippen molar-refractivity contribution in [1.82, 2.24) is 0 Å². The first-order chi connectivity index (χ1) is 7.33. The molecule has 1 aliphatic rings. The smallest absolute Gasteiger partial charge is 0.166 e. The van der Waals surface area contributed by atoms with Gasteiger partial charge in [-0.3, -0.25) is 0 Å². The molecular weight excluding hydrogens is 226 g/mol. The summed E-state index contributed by atoms with van der Waals surface area (Å²) in [7, 11) is 0. The van der Waals surface area contributed by atoms with Gasteiger partial charge in [0, 0.05) is 11.6 Å². The molecule has 1 aromatic carbocycles.